The minimum Gasteiger partial charge on any atom is -0.439 e. The van der Waals surface area contributed by atoms with Crippen LogP contribution in [0.5, 0.6) is 11.6 Å². The summed E-state index contributed by atoms with van der Waals surface area (Å²) in [4.78, 5) is 19.7. The van der Waals surface area contributed by atoms with E-state index in [1.54, 1.807) is 36.4 Å². The van der Waals surface area contributed by atoms with E-state index in [0.29, 0.717) is 46.7 Å². The van der Waals surface area contributed by atoms with Gasteiger partial charge in [0.15, 0.2) is 0 Å². The fourth-order valence-electron chi connectivity index (χ4n) is 6.04. The van der Waals surface area contributed by atoms with Crippen molar-refractivity contribution in [1.29, 1.82) is 0 Å². The van der Waals surface area contributed by atoms with Crippen molar-refractivity contribution in [3.8, 4) is 11.6 Å². The number of carbonyl (C=O) groups excluding carboxylic acids is 1. The molecule has 2 unspecified atom stereocenters. The van der Waals surface area contributed by atoms with Crippen molar-refractivity contribution >= 4 is 45.4 Å². The summed E-state index contributed by atoms with van der Waals surface area (Å²) >= 11 is 0. The van der Waals surface area contributed by atoms with Crippen molar-refractivity contribution in [2.45, 2.75) is 50.4 Å². The summed E-state index contributed by atoms with van der Waals surface area (Å²) in [6.45, 7) is 0.832. The first-order valence-corrected chi connectivity index (χ1v) is 16.5. The number of hydrogen-bond acceptors (Lipinski definition) is 7. The first-order valence-electron chi connectivity index (χ1n) is 14.6. The van der Waals surface area contributed by atoms with Gasteiger partial charge in [-0.25, -0.2) is 17.8 Å². The zero-order valence-corrected chi connectivity index (χ0v) is 26.3. The van der Waals surface area contributed by atoms with Crippen molar-refractivity contribution in [3.63, 3.8) is 0 Å². The van der Waals surface area contributed by atoms with Crippen molar-refractivity contribution < 1.29 is 22.3 Å². The van der Waals surface area contributed by atoms with Crippen LogP contribution in [0.4, 0.5) is 21.5 Å². The minimum atomic E-state index is -3.33. The van der Waals surface area contributed by atoms with Crippen LogP contribution in [0, 0.1) is 5.82 Å². The topological polar surface area (TPSA) is 113 Å². The van der Waals surface area contributed by atoms with Gasteiger partial charge in [-0.3, -0.25) is 14.4 Å². The lowest BCUT2D eigenvalue weighted by Crippen LogP contribution is -2.46. The van der Waals surface area contributed by atoms with Crippen molar-refractivity contribution in [2.75, 3.05) is 21.6 Å². The molecule has 236 valence electrons. The number of hydrogen-bond donors (Lipinski definition) is 3. The van der Waals surface area contributed by atoms with E-state index in [9.17, 15) is 17.6 Å². The predicted molar refractivity (Wildman–Crippen MR) is 176 cm³/mol. The van der Waals surface area contributed by atoms with Crippen LogP contribution in [0.15, 0.2) is 91.1 Å². The molecule has 4 aromatic rings. The first kappa shape index (κ1) is 32.2. The number of benzene rings is 3. The van der Waals surface area contributed by atoms with Crippen LogP contribution in [0.1, 0.15) is 41.6 Å². The molecule has 2 aliphatic rings. The lowest BCUT2D eigenvalue weighted by Gasteiger charge is -2.39. The zero-order valence-electron chi connectivity index (χ0n) is 24.6. The summed E-state index contributed by atoms with van der Waals surface area (Å²) in [5.74, 6) is 0.465. The zero-order chi connectivity index (χ0) is 30.7. The molecule has 2 aliphatic heterocycles. The molecule has 12 heteroatoms. The smallest absolute Gasteiger partial charge is 0.255 e. The highest BCUT2D eigenvalue weighted by Gasteiger charge is 2.40. The quantitative estimate of drug-likeness (QED) is 0.176. The number of nitrogens with zero attached hydrogens (tertiary/aromatic N) is 2. The van der Waals surface area contributed by atoms with Crippen LogP contribution in [0.3, 0.4) is 0 Å². The summed E-state index contributed by atoms with van der Waals surface area (Å²) in [6.07, 6.45) is 7.39. The van der Waals surface area contributed by atoms with Gasteiger partial charge in [0.25, 0.3) is 5.91 Å². The summed E-state index contributed by atoms with van der Waals surface area (Å²) in [6, 6.07) is 25.1. The van der Waals surface area contributed by atoms with E-state index < -0.39 is 10.0 Å². The molecule has 1 aromatic heterocycles. The molecular weight excluding hydrogens is 617 g/mol. The van der Waals surface area contributed by atoms with Crippen LogP contribution in [-0.4, -0.2) is 48.6 Å². The Morgan fingerprint density at radius 3 is 2.11 bits per heavy atom. The van der Waals surface area contributed by atoms with Gasteiger partial charge in [0.05, 0.1) is 6.26 Å². The molecule has 3 aromatic carbocycles. The third kappa shape index (κ3) is 8.50. The molecule has 6 rings (SSSR count). The van der Waals surface area contributed by atoms with Gasteiger partial charge in [0.1, 0.15) is 11.6 Å². The fourth-order valence-corrected chi connectivity index (χ4v) is 6.61. The molecular formula is C33H35ClFN5O4S. The van der Waals surface area contributed by atoms with Gasteiger partial charge in [-0.1, -0.05) is 6.07 Å². The highest BCUT2D eigenvalue weighted by molar-refractivity contribution is 7.92. The van der Waals surface area contributed by atoms with E-state index in [1.165, 1.54) is 37.1 Å². The van der Waals surface area contributed by atoms with Gasteiger partial charge < -0.3 is 15.4 Å². The second-order valence-corrected chi connectivity index (χ2v) is 13.2. The first-order chi connectivity index (χ1) is 21.2. The maximum Gasteiger partial charge on any atom is 0.255 e. The Morgan fingerprint density at radius 1 is 0.889 bits per heavy atom. The summed E-state index contributed by atoms with van der Waals surface area (Å²) in [5, 5.41) is 6.46. The number of rotatable bonds is 10. The number of ether oxygens (including phenoxy) is 1. The minimum absolute atomic E-state index is 0. The number of nitrogens with one attached hydrogen (secondary N) is 3. The molecule has 0 saturated carbocycles. The van der Waals surface area contributed by atoms with Crippen LogP contribution in [0.2, 0.25) is 0 Å². The van der Waals surface area contributed by atoms with Gasteiger partial charge >= 0.3 is 0 Å². The van der Waals surface area contributed by atoms with E-state index >= 15 is 0 Å². The SMILES string of the molecule is CS(=O)(=O)Nc1ccc(Oc2ccc(CN3C4CCC3CC(Nc3ccc(C(=O)Nc5ccc(F)cc5)cc3)C4)cn2)cc1.Cl. The lowest BCUT2D eigenvalue weighted by molar-refractivity contribution is 0.102. The summed E-state index contributed by atoms with van der Waals surface area (Å²) < 4.78 is 44.2. The number of aromatic nitrogens is 1. The second-order valence-electron chi connectivity index (χ2n) is 11.4. The van der Waals surface area contributed by atoms with Gasteiger partial charge in [-0.15, -0.1) is 12.4 Å². The maximum absolute atomic E-state index is 13.1. The van der Waals surface area contributed by atoms with E-state index in [2.05, 4.69) is 25.2 Å². The number of halogens is 2. The van der Waals surface area contributed by atoms with Gasteiger partial charge in [0.2, 0.25) is 15.9 Å². The highest BCUT2D eigenvalue weighted by atomic mass is 35.5. The van der Waals surface area contributed by atoms with Crippen molar-refractivity contribution in [2.24, 2.45) is 0 Å². The molecule has 3 N–H and O–H groups in total. The van der Waals surface area contributed by atoms with E-state index in [-0.39, 0.29) is 24.1 Å². The second kappa shape index (κ2) is 13.8. The predicted octanol–water partition coefficient (Wildman–Crippen LogP) is 6.67. The molecule has 2 bridgehead atoms. The molecule has 2 atom stereocenters. The van der Waals surface area contributed by atoms with Gasteiger partial charge in [0, 0.05) is 59.6 Å². The van der Waals surface area contributed by atoms with E-state index in [0.717, 1.165) is 36.9 Å². The molecule has 3 heterocycles. The Balaban J connectivity index is 0.00000400. The Kier molecular flexibility index (Phi) is 9.91. The highest BCUT2D eigenvalue weighted by Crippen LogP contribution is 2.38. The number of pyridine rings is 1. The number of amides is 1. The summed E-state index contributed by atoms with van der Waals surface area (Å²) in [7, 11) is -3.33. The van der Waals surface area contributed by atoms with E-state index in [4.69, 9.17) is 4.74 Å². The largest absolute Gasteiger partial charge is 0.439 e. The van der Waals surface area contributed by atoms with Crippen LogP contribution in [-0.2, 0) is 16.6 Å². The number of carbonyl (C=O) groups is 1. The lowest BCUT2D eigenvalue weighted by atomic mass is 9.96. The Morgan fingerprint density at radius 2 is 1.51 bits per heavy atom. The Hall–Kier alpha value is -4.19. The fraction of sp³-hybridized carbons (Fsp3) is 0.273. The van der Waals surface area contributed by atoms with Gasteiger partial charge in [-0.05, 0) is 104 Å². The average molecular weight is 652 g/mol. The molecule has 1 amide bonds. The van der Waals surface area contributed by atoms with Crippen molar-refractivity contribution in [3.05, 3.63) is 108 Å². The van der Waals surface area contributed by atoms with E-state index in [1.807, 2.05) is 30.5 Å². The van der Waals surface area contributed by atoms with Crippen LogP contribution in [0.25, 0.3) is 0 Å². The Bertz CT molecular complexity index is 1690. The standard InChI is InChI=1S/C33H34FN5O4S.ClH/c1-44(41,42)38-27-11-15-31(16-12-27)43-32-17-2-22(20-35-32)21-39-29-13-14-30(39)19-28(18-29)36-25-7-3-23(4-8-25)33(40)37-26-9-5-24(34)6-10-26;/h2-12,15-17,20,28-30,36,38H,13-14,18-19,21H2,1H3,(H,37,40);1H. The van der Waals surface area contributed by atoms with Crippen molar-refractivity contribution in [1.82, 2.24) is 9.88 Å². The molecule has 45 heavy (non-hydrogen) atoms. The average Bonchev–Trinajstić information content (AvgIpc) is 3.22. The summed E-state index contributed by atoms with van der Waals surface area (Å²) in [5.41, 5.74) is 3.68. The number of piperidine rings is 1. The normalized spacial score (nSPS) is 19.3. The number of sulfonamides is 1. The van der Waals surface area contributed by atoms with Crippen LogP contribution < -0.4 is 20.1 Å². The number of fused-ring (bicyclic) bond motifs is 2. The van der Waals surface area contributed by atoms with Gasteiger partial charge in [-0.2, -0.15) is 0 Å². The molecule has 0 radical (unpaired) electrons. The Labute approximate surface area is 268 Å². The monoisotopic (exact) mass is 651 g/mol. The molecule has 2 saturated heterocycles. The third-order valence-electron chi connectivity index (χ3n) is 8.05. The van der Waals surface area contributed by atoms with Crippen LogP contribution >= 0.6 is 12.4 Å². The number of anilines is 3. The third-order valence-corrected chi connectivity index (χ3v) is 8.65. The molecule has 9 nitrogen and oxygen atoms in total. The molecule has 0 aliphatic carbocycles. The maximum atomic E-state index is 13.1. The molecule has 0 spiro atoms. The molecule has 2 fully saturated rings.